The van der Waals surface area contributed by atoms with E-state index in [0.717, 1.165) is 29.4 Å². The maximum atomic E-state index is 13.6. The lowest BCUT2D eigenvalue weighted by Crippen LogP contribution is -2.41. The molecule has 2 amide bonds. The van der Waals surface area contributed by atoms with Crippen LogP contribution in [-0.4, -0.2) is 31.2 Å². The Morgan fingerprint density at radius 1 is 1.20 bits per heavy atom. The summed E-state index contributed by atoms with van der Waals surface area (Å²) >= 11 is 0. The second kappa shape index (κ2) is 10.3. The van der Waals surface area contributed by atoms with Gasteiger partial charge in [0.05, 0.1) is 6.04 Å². The Labute approximate surface area is 176 Å². The number of nitrogens with zero attached hydrogens (tertiary/aromatic N) is 1. The first-order valence-electron chi connectivity index (χ1n) is 10.3. The molecule has 5 nitrogen and oxygen atoms in total. The molecule has 1 atom stereocenters. The predicted octanol–water partition coefficient (Wildman–Crippen LogP) is 5.58. The fourth-order valence-corrected chi connectivity index (χ4v) is 3.57. The van der Waals surface area contributed by atoms with Gasteiger partial charge in [0.25, 0.3) is 0 Å². The van der Waals surface area contributed by atoms with Crippen LogP contribution in [0.4, 0.5) is 9.18 Å². The van der Waals surface area contributed by atoms with Crippen LogP contribution >= 0.6 is 0 Å². The van der Waals surface area contributed by atoms with Crippen LogP contribution in [0.1, 0.15) is 42.7 Å². The maximum Gasteiger partial charge on any atom is 0.318 e. The van der Waals surface area contributed by atoms with Gasteiger partial charge >= 0.3 is 6.03 Å². The number of hydrogen-bond acceptors (Lipinski definition) is 3. The lowest BCUT2D eigenvalue weighted by Gasteiger charge is -2.25. The van der Waals surface area contributed by atoms with Crippen molar-refractivity contribution >= 4 is 17.0 Å². The summed E-state index contributed by atoms with van der Waals surface area (Å²) in [5.74, 6) is 0.336. The number of methoxy groups -OCH3 is 1. The van der Waals surface area contributed by atoms with Crippen LogP contribution in [0.15, 0.2) is 52.9 Å². The van der Waals surface area contributed by atoms with Gasteiger partial charge in [0.15, 0.2) is 0 Å². The number of aryl methyl sites for hydroxylation is 1. The van der Waals surface area contributed by atoms with E-state index in [0.29, 0.717) is 31.0 Å². The minimum absolute atomic E-state index is 0.158. The molecule has 160 valence electrons. The molecule has 1 N–H and O–H groups in total. The van der Waals surface area contributed by atoms with Crippen molar-refractivity contribution < 1.29 is 18.3 Å². The van der Waals surface area contributed by atoms with Crippen molar-refractivity contribution in [2.24, 2.45) is 0 Å². The number of urea groups is 1. The predicted molar refractivity (Wildman–Crippen MR) is 116 cm³/mol. The van der Waals surface area contributed by atoms with E-state index in [4.69, 9.17) is 9.15 Å². The van der Waals surface area contributed by atoms with Gasteiger partial charge in [0.2, 0.25) is 0 Å². The summed E-state index contributed by atoms with van der Waals surface area (Å²) in [6.45, 7) is 5.59. The molecule has 0 radical (unpaired) electrons. The van der Waals surface area contributed by atoms with E-state index in [1.54, 1.807) is 18.1 Å². The van der Waals surface area contributed by atoms with E-state index < -0.39 is 0 Å². The normalized spacial score (nSPS) is 12.1. The molecule has 0 spiro atoms. The maximum absolute atomic E-state index is 13.6. The number of furan rings is 1. The van der Waals surface area contributed by atoms with Crippen LogP contribution in [0.3, 0.4) is 0 Å². The summed E-state index contributed by atoms with van der Waals surface area (Å²) < 4.78 is 24.6. The molecule has 30 heavy (non-hydrogen) atoms. The number of ether oxygens (including phenoxy) is 1. The zero-order chi connectivity index (χ0) is 21.5. The molecular formula is C24H29FN2O3. The Balaban J connectivity index is 1.72. The second-order valence-corrected chi connectivity index (χ2v) is 7.51. The number of hydrogen-bond donors (Lipinski definition) is 1. The molecule has 1 heterocycles. The number of unbranched alkanes of at least 4 members (excludes halogenated alkanes) is 1. The highest BCUT2D eigenvalue weighted by Crippen LogP contribution is 2.30. The van der Waals surface area contributed by atoms with Crippen LogP contribution in [0.5, 0.6) is 0 Å². The third-order valence-corrected chi connectivity index (χ3v) is 5.20. The first kappa shape index (κ1) is 21.8. The highest BCUT2D eigenvalue weighted by atomic mass is 19.1. The van der Waals surface area contributed by atoms with Crippen molar-refractivity contribution in [2.45, 2.75) is 39.3 Å². The van der Waals surface area contributed by atoms with E-state index >= 15 is 0 Å². The van der Waals surface area contributed by atoms with E-state index in [-0.39, 0.29) is 17.9 Å². The zero-order valence-corrected chi connectivity index (χ0v) is 17.8. The van der Waals surface area contributed by atoms with Crippen molar-refractivity contribution in [3.63, 3.8) is 0 Å². The molecule has 0 aliphatic rings. The lowest BCUT2D eigenvalue weighted by molar-refractivity contribution is 0.174. The van der Waals surface area contributed by atoms with Crippen LogP contribution in [0.2, 0.25) is 0 Å². The minimum atomic E-state index is -0.342. The van der Waals surface area contributed by atoms with Crippen LogP contribution in [-0.2, 0) is 11.3 Å². The summed E-state index contributed by atoms with van der Waals surface area (Å²) in [6.07, 6.45) is 1.74. The summed E-state index contributed by atoms with van der Waals surface area (Å²) in [5.41, 5.74) is 2.53. The Hall–Kier alpha value is -2.86. The van der Waals surface area contributed by atoms with Crippen molar-refractivity contribution in [3.8, 4) is 0 Å². The van der Waals surface area contributed by atoms with Gasteiger partial charge in [-0.3, -0.25) is 0 Å². The number of benzene rings is 2. The van der Waals surface area contributed by atoms with Gasteiger partial charge in [0.1, 0.15) is 17.2 Å². The summed E-state index contributed by atoms with van der Waals surface area (Å²) in [6, 6.07) is 13.9. The van der Waals surface area contributed by atoms with E-state index in [1.165, 1.54) is 12.1 Å². The number of amides is 2. The lowest BCUT2D eigenvalue weighted by atomic mass is 10.1. The Bertz CT molecular complexity index is 971. The summed E-state index contributed by atoms with van der Waals surface area (Å²) in [4.78, 5) is 14.9. The molecule has 1 aromatic heterocycles. The van der Waals surface area contributed by atoms with E-state index in [2.05, 4.69) is 5.32 Å². The van der Waals surface area contributed by atoms with Gasteiger partial charge in [-0.15, -0.1) is 0 Å². The van der Waals surface area contributed by atoms with Crippen molar-refractivity contribution in [2.75, 3.05) is 20.3 Å². The van der Waals surface area contributed by atoms with Gasteiger partial charge < -0.3 is 19.4 Å². The molecule has 0 bridgehead atoms. The Morgan fingerprint density at radius 3 is 2.70 bits per heavy atom. The first-order chi connectivity index (χ1) is 14.5. The highest BCUT2D eigenvalue weighted by molar-refractivity contribution is 5.82. The van der Waals surface area contributed by atoms with Gasteiger partial charge in [0, 0.05) is 37.8 Å². The van der Waals surface area contributed by atoms with Gasteiger partial charge in [-0.05, 0) is 50.5 Å². The van der Waals surface area contributed by atoms with Gasteiger partial charge in [-0.25, -0.2) is 9.18 Å². The molecule has 1 unspecified atom stereocenters. The Kier molecular flexibility index (Phi) is 7.46. The SMILES string of the molecule is COCCCCN(Cc1ccccc1)C(=O)NC(C)c1oc2ccc(F)cc2c1C. The molecule has 0 saturated heterocycles. The largest absolute Gasteiger partial charge is 0.459 e. The van der Waals surface area contributed by atoms with Crippen molar-refractivity contribution in [1.82, 2.24) is 10.2 Å². The molecule has 3 rings (SSSR count). The number of carbonyl (C=O) groups excluding carboxylic acids is 1. The van der Waals surface area contributed by atoms with Crippen molar-refractivity contribution in [3.05, 3.63) is 71.2 Å². The third kappa shape index (κ3) is 5.39. The number of halogens is 1. The van der Waals surface area contributed by atoms with E-state index in [1.807, 2.05) is 44.2 Å². The molecule has 0 fully saturated rings. The highest BCUT2D eigenvalue weighted by Gasteiger charge is 2.21. The number of rotatable bonds is 9. The monoisotopic (exact) mass is 412 g/mol. The van der Waals surface area contributed by atoms with E-state index in [9.17, 15) is 9.18 Å². The second-order valence-electron chi connectivity index (χ2n) is 7.51. The van der Waals surface area contributed by atoms with Crippen LogP contribution in [0.25, 0.3) is 11.0 Å². The smallest absolute Gasteiger partial charge is 0.318 e. The third-order valence-electron chi connectivity index (χ3n) is 5.20. The fourth-order valence-electron chi connectivity index (χ4n) is 3.57. The van der Waals surface area contributed by atoms with Crippen LogP contribution in [0, 0.1) is 12.7 Å². The Morgan fingerprint density at radius 2 is 1.97 bits per heavy atom. The fraction of sp³-hybridized carbons (Fsp3) is 0.375. The molecule has 0 saturated carbocycles. The minimum Gasteiger partial charge on any atom is -0.459 e. The average Bonchev–Trinajstić information content (AvgIpc) is 3.07. The average molecular weight is 413 g/mol. The first-order valence-corrected chi connectivity index (χ1v) is 10.3. The van der Waals surface area contributed by atoms with Crippen molar-refractivity contribution in [1.29, 1.82) is 0 Å². The number of carbonyl (C=O) groups is 1. The molecule has 2 aromatic carbocycles. The standard InChI is InChI=1S/C24H29FN2O3/c1-17-21-15-20(25)11-12-22(21)30-23(17)18(2)26-24(28)27(13-7-8-14-29-3)16-19-9-5-4-6-10-19/h4-6,9-12,15,18H,7-8,13-14,16H2,1-3H3,(H,26,28). The number of nitrogens with one attached hydrogen (secondary N) is 1. The quantitative estimate of drug-likeness (QED) is 0.467. The molecule has 0 aliphatic heterocycles. The molecule has 3 aromatic rings. The molecule has 6 heteroatoms. The summed E-state index contributed by atoms with van der Waals surface area (Å²) in [7, 11) is 1.68. The number of fused-ring (bicyclic) bond motifs is 1. The van der Waals surface area contributed by atoms with Crippen LogP contribution < -0.4 is 5.32 Å². The summed E-state index contributed by atoms with van der Waals surface area (Å²) in [5, 5.41) is 3.77. The molecule has 0 aliphatic carbocycles. The topological polar surface area (TPSA) is 54.7 Å². The molecular weight excluding hydrogens is 383 g/mol. The van der Waals surface area contributed by atoms with Gasteiger partial charge in [-0.2, -0.15) is 0 Å². The van der Waals surface area contributed by atoms with Gasteiger partial charge in [-0.1, -0.05) is 30.3 Å². The zero-order valence-electron chi connectivity index (χ0n) is 17.8.